The van der Waals surface area contributed by atoms with Crippen molar-refractivity contribution in [3.05, 3.63) is 62.2 Å². The molecule has 2 aromatic rings. The van der Waals surface area contributed by atoms with E-state index in [4.69, 9.17) is 10.3 Å². The van der Waals surface area contributed by atoms with Crippen molar-refractivity contribution in [1.29, 1.82) is 0 Å². The van der Waals surface area contributed by atoms with Gasteiger partial charge in [-0.3, -0.25) is 9.69 Å². The number of hydrogen-bond donors (Lipinski definition) is 0. The first-order chi connectivity index (χ1) is 13.7. The largest absolute Gasteiger partial charge is 0.426 e. The highest BCUT2D eigenvalue weighted by Gasteiger charge is 2.26. The topological polar surface area (TPSA) is 78.3 Å². The van der Waals surface area contributed by atoms with Crippen molar-refractivity contribution in [1.82, 2.24) is 4.90 Å². The second-order valence-electron chi connectivity index (χ2n) is 7.02. The molecule has 28 heavy (non-hydrogen) atoms. The summed E-state index contributed by atoms with van der Waals surface area (Å²) in [5, 5.41) is 5.42. The molecule has 0 saturated heterocycles. The quantitative estimate of drug-likeness (QED) is 0.201. The molecule has 0 spiro atoms. The van der Waals surface area contributed by atoms with E-state index in [2.05, 4.69) is 45.4 Å². The summed E-state index contributed by atoms with van der Waals surface area (Å²) in [6, 6.07) is 10.7. The van der Waals surface area contributed by atoms with Crippen molar-refractivity contribution in [3.8, 4) is 5.75 Å². The van der Waals surface area contributed by atoms with E-state index < -0.39 is 5.97 Å². The summed E-state index contributed by atoms with van der Waals surface area (Å²) in [5.41, 5.74) is 10.7. The smallest absolute Gasteiger partial charge is 0.317 e. The number of esters is 1. The highest BCUT2D eigenvalue weighted by Crippen LogP contribution is 2.32. The Morgan fingerprint density at radius 3 is 3.00 bits per heavy atom. The van der Waals surface area contributed by atoms with Gasteiger partial charge in [-0.1, -0.05) is 30.2 Å². The van der Waals surface area contributed by atoms with Crippen molar-refractivity contribution in [2.75, 3.05) is 19.6 Å². The van der Waals surface area contributed by atoms with Crippen LogP contribution < -0.4 is 4.74 Å². The van der Waals surface area contributed by atoms with Gasteiger partial charge in [0.1, 0.15) is 12.3 Å². The molecule has 0 aliphatic heterocycles. The minimum Gasteiger partial charge on any atom is -0.426 e. The van der Waals surface area contributed by atoms with Gasteiger partial charge < -0.3 is 4.74 Å². The Hall–Kier alpha value is -2.34. The summed E-state index contributed by atoms with van der Waals surface area (Å²) in [5.74, 6) is 0.0894. The standard InChI is InChI=1S/C21H26N4O2S/c1-2-11-25(12-10-18-6-4-13-28-18)17-8-9-19-16(14-17)5-3-7-20(19)27-21(26)15-23-24-22/h3-7,13,17H,2,8-12,14-15H2,1H3. The van der Waals surface area contributed by atoms with Crippen LogP contribution in [0.3, 0.4) is 0 Å². The maximum absolute atomic E-state index is 11.8. The van der Waals surface area contributed by atoms with E-state index in [1.165, 1.54) is 10.4 Å². The van der Waals surface area contributed by atoms with Crippen LogP contribution in [0.2, 0.25) is 0 Å². The number of carbonyl (C=O) groups excluding carboxylic acids is 1. The van der Waals surface area contributed by atoms with Crippen molar-refractivity contribution < 1.29 is 9.53 Å². The number of rotatable bonds is 9. The molecule has 0 N–H and O–H groups in total. The van der Waals surface area contributed by atoms with Crippen molar-refractivity contribution >= 4 is 17.3 Å². The lowest BCUT2D eigenvalue weighted by atomic mass is 9.86. The van der Waals surface area contributed by atoms with Crippen LogP contribution in [0, 0.1) is 0 Å². The summed E-state index contributed by atoms with van der Waals surface area (Å²) >= 11 is 1.83. The Balaban J connectivity index is 1.67. The van der Waals surface area contributed by atoms with Gasteiger partial charge in [-0.25, -0.2) is 0 Å². The molecule has 0 radical (unpaired) electrons. The molecule has 148 valence electrons. The van der Waals surface area contributed by atoms with Gasteiger partial charge in [0.2, 0.25) is 0 Å². The average Bonchev–Trinajstić information content (AvgIpc) is 3.23. The molecule has 6 nitrogen and oxygen atoms in total. The lowest BCUT2D eigenvalue weighted by molar-refractivity contribution is -0.132. The van der Waals surface area contributed by atoms with Crippen LogP contribution in [0.5, 0.6) is 5.75 Å². The molecule has 0 amide bonds. The fourth-order valence-corrected chi connectivity index (χ4v) is 4.58. The Kier molecular flexibility index (Phi) is 7.48. The highest BCUT2D eigenvalue weighted by molar-refractivity contribution is 7.09. The van der Waals surface area contributed by atoms with Gasteiger partial charge in [-0.15, -0.1) is 11.3 Å². The fraction of sp³-hybridized carbons (Fsp3) is 0.476. The van der Waals surface area contributed by atoms with Crippen molar-refractivity contribution in [2.45, 2.75) is 45.1 Å². The Bertz CT molecular complexity index is 831. The van der Waals surface area contributed by atoms with Crippen molar-refractivity contribution in [2.24, 2.45) is 5.11 Å². The number of azide groups is 1. The van der Waals surface area contributed by atoms with E-state index in [1.54, 1.807) is 0 Å². The molecule has 1 aromatic carbocycles. The predicted octanol–water partition coefficient (Wildman–Crippen LogP) is 4.78. The maximum Gasteiger partial charge on any atom is 0.317 e. The van der Waals surface area contributed by atoms with Crippen LogP contribution in [0.4, 0.5) is 0 Å². The van der Waals surface area contributed by atoms with Gasteiger partial charge in [0.15, 0.2) is 0 Å². The number of ether oxygens (including phenoxy) is 1. The van der Waals surface area contributed by atoms with Crippen LogP contribution in [0.15, 0.2) is 40.8 Å². The zero-order chi connectivity index (χ0) is 19.8. The summed E-state index contributed by atoms with van der Waals surface area (Å²) in [6.07, 6.45) is 5.16. The van der Waals surface area contributed by atoms with Gasteiger partial charge in [-0.2, -0.15) is 0 Å². The number of carbonyl (C=O) groups is 1. The number of benzene rings is 1. The second-order valence-corrected chi connectivity index (χ2v) is 8.05. The van der Waals surface area contributed by atoms with Gasteiger partial charge in [0.25, 0.3) is 0 Å². The molecule has 1 aromatic heterocycles. The zero-order valence-corrected chi connectivity index (χ0v) is 17.0. The lowest BCUT2D eigenvalue weighted by Gasteiger charge is -2.35. The number of hydrogen-bond acceptors (Lipinski definition) is 5. The van der Waals surface area contributed by atoms with E-state index >= 15 is 0 Å². The third-order valence-corrected chi connectivity index (χ3v) is 6.09. The fourth-order valence-electron chi connectivity index (χ4n) is 3.88. The van der Waals surface area contributed by atoms with E-state index in [9.17, 15) is 4.79 Å². The molecular formula is C21H26N4O2S. The number of nitrogens with zero attached hydrogens (tertiary/aromatic N) is 4. The molecule has 1 atom stereocenters. The zero-order valence-electron chi connectivity index (χ0n) is 16.2. The Labute approximate surface area is 169 Å². The maximum atomic E-state index is 11.8. The third kappa shape index (κ3) is 5.35. The first-order valence-electron chi connectivity index (χ1n) is 9.80. The second kappa shape index (κ2) is 10.3. The van der Waals surface area contributed by atoms with Gasteiger partial charge in [0, 0.05) is 22.4 Å². The average molecular weight is 399 g/mol. The van der Waals surface area contributed by atoms with Crippen LogP contribution in [-0.2, 0) is 24.1 Å². The van der Waals surface area contributed by atoms with Crippen LogP contribution in [-0.4, -0.2) is 36.5 Å². The number of thiophene rings is 1. The van der Waals surface area contributed by atoms with Gasteiger partial charge in [0.05, 0.1) is 0 Å². The lowest BCUT2D eigenvalue weighted by Crippen LogP contribution is -2.41. The third-order valence-electron chi connectivity index (χ3n) is 5.15. The molecule has 3 rings (SSSR count). The molecule has 1 aliphatic carbocycles. The molecular weight excluding hydrogens is 372 g/mol. The van der Waals surface area contributed by atoms with Crippen LogP contribution in [0.1, 0.15) is 35.8 Å². The van der Waals surface area contributed by atoms with E-state index in [1.807, 2.05) is 23.5 Å². The highest BCUT2D eigenvalue weighted by atomic mass is 32.1. The van der Waals surface area contributed by atoms with Gasteiger partial charge in [-0.05, 0) is 72.8 Å². The van der Waals surface area contributed by atoms with E-state index in [-0.39, 0.29) is 6.54 Å². The normalized spacial score (nSPS) is 15.7. The van der Waals surface area contributed by atoms with E-state index in [0.717, 1.165) is 50.8 Å². The molecule has 1 unspecified atom stereocenters. The Morgan fingerprint density at radius 2 is 2.25 bits per heavy atom. The first-order valence-corrected chi connectivity index (χ1v) is 10.7. The SMILES string of the molecule is CCCN(CCc1cccs1)C1CCc2c(cccc2OC(=O)CN=[N+]=[N-])C1. The summed E-state index contributed by atoms with van der Waals surface area (Å²) in [7, 11) is 0. The monoisotopic (exact) mass is 398 g/mol. The molecule has 0 saturated carbocycles. The molecule has 7 heteroatoms. The minimum absolute atomic E-state index is 0.282. The summed E-state index contributed by atoms with van der Waals surface area (Å²) in [6.45, 7) is 4.13. The summed E-state index contributed by atoms with van der Waals surface area (Å²) < 4.78 is 5.44. The summed E-state index contributed by atoms with van der Waals surface area (Å²) in [4.78, 5) is 18.5. The molecule has 1 heterocycles. The first kappa shape index (κ1) is 20.4. The Morgan fingerprint density at radius 1 is 1.36 bits per heavy atom. The minimum atomic E-state index is -0.517. The van der Waals surface area contributed by atoms with Crippen molar-refractivity contribution in [3.63, 3.8) is 0 Å². The molecule has 0 bridgehead atoms. The van der Waals surface area contributed by atoms with Gasteiger partial charge >= 0.3 is 5.97 Å². The van der Waals surface area contributed by atoms with Crippen LogP contribution in [0.25, 0.3) is 10.4 Å². The molecule has 0 fully saturated rings. The molecule has 1 aliphatic rings. The van der Waals surface area contributed by atoms with E-state index in [0.29, 0.717) is 11.8 Å². The van der Waals surface area contributed by atoms with Crippen LogP contribution >= 0.6 is 11.3 Å². The predicted molar refractivity (Wildman–Crippen MR) is 112 cm³/mol. The number of fused-ring (bicyclic) bond motifs is 1.